The zero-order valence-electron chi connectivity index (χ0n) is 12.1. The van der Waals surface area contributed by atoms with Crippen molar-refractivity contribution in [1.29, 1.82) is 0 Å². The number of aromatic nitrogens is 1. The fourth-order valence-corrected chi connectivity index (χ4v) is 3.74. The summed E-state index contributed by atoms with van der Waals surface area (Å²) in [5, 5.41) is 11.3. The van der Waals surface area contributed by atoms with Gasteiger partial charge in [-0.2, -0.15) is 11.8 Å². The summed E-state index contributed by atoms with van der Waals surface area (Å²) < 4.78 is 0. The van der Waals surface area contributed by atoms with Crippen LogP contribution in [0.2, 0.25) is 0 Å². The van der Waals surface area contributed by atoms with Crippen LogP contribution < -0.4 is 0 Å². The number of benzene rings is 1. The fourth-order valence-electron chi connectivity index (χ4n) is 1.78. The molecule has 0 unspecified atom stereocenters. The minimum Gasteiger partial charge on any atom is -0.476 e. The molecule has 1 N–H and O–H groups in total. The van der Waals surface area contributed by atoms with Gasteiger partial charge in [-0.15, -0.1) is 11.3 Å². The second kappa shape index (κ2) is 7.59. The van der Waals surface area contributed by atoms with Crippen LogP contribution in [0.15, 0.2) is 29.6 Å². The molecular weight excluding hydrogens is 304 g/mol. The number of carbonyl (C=O) groups is 1. The summed E-state index contributed by atoms with van der Waals surface area (Å²) in [6.45, 7) is 1.05. The van der Waals surface area contributed by atoms with E-state index in [1.807, 2.05) is 30.0 Å². The summed E-state index contributed by atoms with van der Waals surface area (Å²) in [5.41, 5.74) is 2.35. The Morgan fingerprint density at radius 1 is 1.38 bits per heavy atom. The Morgan fingerprint density at radius 2 is 2.14 bits per heavy atom. The molecule has 112 valence electrons. The Kier molecular flexibility index (Phi) is 5.78. The standard InChI is InChI=1S/C15H18N2O2S2/c1-17(2)7-8-20-9-11-5-3-4-6-12(11)14-16-13(10-21-14)15(18)19/h3-6,10H,7-9H2,1-2H3,(H,18,19). The molecule has 0 aliphatic heterocycles. The van der Waals surface area contributed by atoms with E-state index in [0.29, 0.717) is 0 Å². The molecule has 0 saturated carbocycles. The van der Waals surface area contributed by atoms with Crippen molar-refractivity contribution in [2.45, 2.75) is 5.75 Å². The third-order valence-corrected chi connectivity index (χ3v) is 4.77. The lowest BCUT2D eigenvalue weighted by Crippen LogP contribution is -2.14. The summed E-state index contributed by atoms with van der Waals surface area (Å²) in [6.07, 6.45) is 0. The average molecular weight is 322 g/mol. The van der Waals surface area contributed by atoms with E-state index in [2.05, 4.69) is 30.0 Å². The lowest BCUT2D eigenvalue weighted by molar-refractivity contribution is 0.0691. The van der Waals surface area contributed by atoms with Crippen molar-refractivity contribution in [2.24, 2.45) is 0 Å². The molecule has 2 aromatic rings. The first-order valence-electron chi connectivity index (χ1n) is 6.57. The molecule has 1 aromatic heterocycles. The average Bonchev–Trinajstić information content (AvgIpc) is 2.93. The van der Waals surface area contributed by atoms with Gasteiger partial charge >= 0.3 is 5.97 Å². The van der Waals surface area contributed by atoms with Gasteiger partial charge in [-0.05, 0) is 19.7 Å². The van der Waals surface area contributed by atoms with Crippen LogP contribution >= 0.6 is 23.1 Å². The number of rotatable bonds is 7. The lowest BCUT2D eigenvalue weighted by atomic mass is 10.1. The smallest absolute Gasteiger partial charge is 0.355 e. The summed E-state index contributed by atoms with van der Waals surface area (Å²) in [6, 6.07) is 8.06. The maximum absolute atomic E-state index is 10.9. The molecule has 2 rings (SSSR count). The van der Waals surface area contributed by atoms with Gasteiger partial charge in [0.25, 0.3) is 0 Å². The highest BCUT2D eigenvalue weighted by molar-refractivity contribution is 7.98. The van der Waals surface area contributed by atoms with E-state index < -0.39 is 5.97 Å². The molecule has 0 fully saturated rings. The highest BCUT2D eigenvalue weighted by Crippen LogP contribution is 2.29. The predicted octanol–water partition coefficient (Wildman–Crippen LogP) is 3.30. The molecule has 4 nitrogen and oxygen atoms in total. The predicted molar refractivity (Wildman–Crippen MR) is 89.2 cm³/mol. The number of thioether (sulfide) groups is 1. The number of hydrogen-bond donors (Lipinski definition) is 1. The van der Waals surface area contributed by atoms with E-state index in [1.54, 1.807) is 5.38 Å². The minimum absolute atomic E-state index is 0.116. The van der Waals surface area contributed by atoms with Gasteiger partial charge in [0.1, 0.15) is 5.01 Å². The zero-order valence-corrected chi connectivity index (χ0v) is 13.7. The van der Waals surface area contributed by atoms with Crippen molar-refractivity contribution in [1.82, 2.24) is 9.88 Å². The fraction of sp³-hybridized carbons (Fsp3) is 0.333. The van der Waals surface area contributed by atoms with Gasteiger partial charge in [0, 0.05) is 29.0 Å². The van der Waals surface area contributed by atoms with Gasteiger partial charge in [0.2, 0.25) is 0 Å². The van der Waals surface area contributed by atoms with Crippen LogP contribution in [0.5, 0.6) is 0 Å². The number of carboxylic acids is 1. The van der Waals surface area contributed by atoms with E-state index in [-0.39, 0.29) is 5.69 Å². The van der Waals surface area contributed by atoms with Crippen molar-refractivity contribution in [3.05, 3.63) is 40.9 Å². The second-order valence-electron chi connectivity index (χ2n) is 4.86. The normalized spacial score (nSPS) is 11.0. The Labute approximate surface area is 132 Å². The molecule has 0 spiro atoms. The van der Waals surface area contributed by atoms with E-state index in [0.717, 1.165) is 28.6 Å². The first kappa shape index (κ1) is 16.0. The monoisotopic (exact) mass is 322 g/mol. The quantitative estimate of drug-likeness (QED) is 0.793. The molecular formula is C15H18N2O2S2. The number of thiazole rings is 1. The number of hydrogen-bond acceptors (Lipinski definition) is 5. The van der Waals surface area contributed by atoms with Crippen molar-refractivity contribution >= 4 is 29.1 Å². The number of aromatic carboxylic acids is 1. The van der Waals surface area contributed by atoms with Crippen LogP contribution in [0.4, 0.5) is 0 Å². The van der Waals surface area contributed by atoms with Crippen LogP contribution in [-0.4, -0.2) is 47.4 Å². The maximum Gasteiger partial charge on any atom is 0.355 e. The largest absolute Gasteiger partial charge is 0.476 e. The Bertz CT molecular complexity index is 611. The molecule has 0 aliphatic rings. The van der Waals surface area contributed by atoms with Crippen molar-refractivity contribution in [3.8, 4) is 10.6 Å². The van der Waals surface area contributed by atoms with E-state index in [9.17, 15) is 4.79 Å². The third-order valence-electron chi connectivity index (χ3n) is 2.91. The highest BCUT2D eigenvalue weighted by atomic mass is 32.2. The SMILES string of the molecule is CN(C)CCSCc1ccccc1-c1nc(C(=O)O)cs1. The summed E-state index contributed by atoms with van der Waals surface area (Å²) in [4.78, 5) is 17.3. The molecule has 0 bridgehead atoms. The molecule has 0 amide bonds. The Balaban J connectivity index is 2.10. The van der Waals surface area contributed by atoms with Gasteiger partial charge in [0.05, 0.1) is 0 Å². The molecule has 0 radical (unpaired) electrons. The molecule has 1 aromatic carbocycles. The summed E-state index contributed by atoms with van der Waals surface area (Å²) >= 11 is 3.26. The van der Waals surface area contributed by atoms with Gasteiger partial charge in [-0.25, -0.2) is 9.78 Å². The van der Waals surface area contributed by atoms with Gasteiger partial charge in [-0.1, -0.05) is 24.3 Å². The van der Waals surface area contributed by atoms with Crippen molar-refractivity contribution < 1.29 is 9.90 Å². The minimum atomic E-state index is -0.977. The van der Waals surface area contributed by atoms with E-state index in [4.69, 9.17) is 5.11 Å². The molecule has 1 heterocycles. The molecule has 0 saturated heterocycles. The first-order chi connectivity index (χ1) is 10.1. The van der Waals surface area contributed by atoms with E-state index in [1.165, 1.54) is 16.9 Å². The van der Waals surface area contributed by atoms with Gasteiger partial charge < -0.3 is 10.0 Å². The maximum atomic E-state index is 10.9. The van der Waals surface area contributed by atoms with Crippen LogP contribution in [-0.2, 0) is 5.75 Å². The molecule has 0 aliphatic carbocycles. The Morgan fingerprint density at radius 3 is 2.81 bits per heavy atom. The molecule has 6 heteroatoms. The van der Waals surface area contributed by atoms with Crippen molar-refractivity contribution in [2.75, 3.05) is 26.4 Å². The topological polar surface area (TPSA) is 53.4 Å². The summed E-state index contributed by atoms with van der Waals surface area (Å²) in [7, 11) is 4.13. The van der Waals surface area contributed by atoms with Crippen LogP contribution in [0.25, 0.3) is 10.6 Å². The number of nitrogens with zero attached hydrogens (tertiary/aromatic N) is 2. The summed E-state index contributed by atoms with van der Waals surface area (Å²) in [5.74, 6) is 1.00. The first-order valence-corrected chi connectivity index (χ1v) is 8.61. The van der Waals surface area contributed by atoms with Crippen LogP contribution in [0.1, 0.15) is 16.1 Å². The number of carboxylic acid groups (broad SMARTS) is 1. The van der Waals surface area contributed by atoms with E-state index >= 15 is 0 Å². The molecule has 0 atom stereocenters. The van der Waals surface area contributed by atoms with Gasteiger partial charge in [0.15, 0.2) is 5.69 Å². The van der Waals surface area contributed by atoms with Crippen molar-refractivity contribution in [3.63, 3.8) is 0 Å². The second-order valence-corrected chi connectivity index (χ2v) is 6.82. The van der Waals surface area contributed by atoms with Gasteiger partial charge in [-0.3, -0.25) is 0 Å². The molecule has 21 heavy (non-hydrogen) atoms. The zero-order chi connectivity index (χ0) is 15.2. The van der Waals surface area contributed by atoms with Crippen LogP contribution in [0, 0.1) is 0 Å². The Hall–Kier alpha value is -1.37. The lowest BCUT2D eigenvalue weighted by Gasteiger charge is -2.10. The van der Waals surface area contributed by atoms with Crippen LogP contribution in [0.3, 0.4) is 0 Å². The third kappa shape index (κ3) is 4.56. The highest BCUT2D eigenvalue weighted by Gasteiger charge is 2.12.